The summed E-state index contributed by atoms with van der Waals surface area (Å²) < 4.78 is 5.11. The number of hydrogen-bond acceptors (Lipinski definition) is 4. The summed E-state index contributed by atoms with van der Waals surface area (Å²) >= 11 is 0. The van der Waals surface area contributed by atoms with Gasteiger partial charge in [-0.2, -0.15) is 0 Å². The second kappa shape index (κ2) is 3.78. The largest absolute Gasteiger partial charge is 0.377 e. The van der Waals surface area contributed by atoms with E-state index >= 15 is 0 Å². The van der Waals surface area contributed by atoms with Crippen LogP contribution in [0.4, 0.5) is 0 Å². The molecule has 1 N–H and O–H groups in total. The van der Waals surface area contributed by atoms with Gasteiger partial charge in [0.2, 0.25) is 0 Å². The number of Topliss-reactive ketones (excluding diaryl/α,β-unsaturated/α-hetero) is 2. The number of ether oxygens (including phenoxy) is 1. The molecule has 1 saturated heterocycles. The predicted molar refractivity (Wildman–Crippen MR) is 42.9 cm³/mol. The summed E-state index contributed by atoms with van der Waals surface area (Å²) in [5.74, 6) is 0.0295. The Morgan fingerprint density at radius 3 is 1.92 bits per heavy atom. The van der Waals surface area contributed by atoms with Crippen LogP contribution in [0.15, 0.2) is 0 Å². The van der Waals surface area contributed by atoms with Gasteiger partial charge in [-0.3, -0.25) is 14.9 Å². The second-order valence-corrected chi connectivity index (χ2v) is 3.03. The van der Waals surface area contributed by atoms with Crippen molar-refractivity contribution >= 4 is 11.6 Å². The van der Waals surface area contributed by atoms with E-state index in [1.54, 1.807) is 0 Å². The van der Waals surface area contributed by atoms with Gasteiger partial charge in [0.05, 0.1) is 25.3 Å². The zero-order valence-electron chi connectivity index (χ0n) is 7.29. The topological polar surface area (TPSA) is 55.4 Å². The summed E-state index contributed by atoms with van der Waals surface area (Å²) in [6.45, 7) is 3.73. The SMILES string of the molecule is CC(=O)C1COCC(C(C)=O)N1. The Kier molecular flexibility index (Phi) is 2.94. The molecule has 1 aliphatic heterocycles. The molecule has 12 heavy (non-hydrogen) atoms. The minimum Gasteiger partial charge on any atom is -0.377 e. The summed E-state index contributed by atoms with van der Waals surface area (Å²) in [6, 6.07) is -0.625. The van der Waals surface area contributed by atoms with Crippen LogP contribution in [-0.4, -0.2) is 36.9 Å². The molecule has 0 aromatic carbocycles. The molecule has 0 amide bonds. The van der Waals surface area contributed by atoms with Gasteiger partial charge in [0.1, 0.15) is 11.6 Å². The van der Waals surface area contributed by atoms with E-state index in [4.69, 9.17) is 4.74 Å². The van der Waals surface area contributed by atoms with E-state index in [1.165, 1.54) is 13.8 Å². The molecule has 1 rings (SSSR count). The third-order valence-electron chi connectivity index (χ3n) is 1.95. The summed E-state index contributed by atoms with van der Waals surface area (Å²) in [5, 5.41) is 2.93. The standard InChI is InChI=1S/C8H13NO3/c1-5(10)7-3-12-4-8(9-7)6(2)11/h7-9H,3-4H2,1-2H3. The van der Waals surface area contributed by atoms with Crippen molar-refractivity contribution in [2.75, 3.05) is 13.2 Å². The average Bonchev–Trinajstić information content (AvgIpc) is 2.04. The fourth-order valence-corrected chi connectivity index (χ4v) is 1.11. The Bertz CT molecular complexity index is 182. The highest BCUT2D eigenvalue weighted by molar-refractivity contribution is 5.85. The van der Waals surface area contributed by atoms with Gasteiger partial charge < -0.3 is 4.74 Å². The van der Waals surface area contributed by atoms with Crippen molar-refractivity contribution in [1.82, 2.24) is 5.32 Å². The summed E-state index contributed by atoms with van der Waals surface area (Å²) in [6.07, 6.45) is 0. The van der Waals surface area contributed by atoms with Crippen molar-refractivity contribution in [3.63, 3.8) is 0 Å². The Morgan fingerprint density at radius 1 is 1.17 bits per heavy atom. The molecular weight excluding hydrogens is 158 g/mol. The van der Waals surface area contributed by atoms with Crippen molar-refractivity contribution in [2.45, 2.75) is 25.9 Å². The quantitative estimate of drug-likeness (QED) is 0.609. The molecule has 0 aliphatic carbocycles. The molecule has 2 unspecified atom stereocenters. The molecule has 0 aromatic heterocycles. The maximum absolute atomic E-state index is 10.9. The lowest BCUT2D eigenvalue weighted by atomic mass is 10.1. The highest BCUT2D eigenvalue weighted by atomic mass is 16.5. The first-order chi connectivity index (χ1) is 5.61. The molecule has 0 spiro atoms. The first-order valence-corrected chi connectivity index (χ1v) is 3.96. The third kappa shape index (κ3) is 2.12. The van der Waals surface area contributed by atoms with E-state index in [-0.39, 0.29) is 23.7 Å². The monoisotopic (exact) mass is 171 g/mol. The molecule has 1 aliphatic rings. The smallest absolute Gasteiger partial charge is 0.149 e. The molecule has 0 aromatic rings. The Hall–Kier alpha value is -0.740. The van der Waals surface area contributed by atoms with Crippen LogP contribution in [0.3, 0.4) is 0 Å². The first kappa shape index (κ1) is 9.35. The molecular formula is C8H13NO3. The average molecular weight is 171 g/mol. The van der Waals surface area contributed by atoms with Crippen LogP contribution in [0.5, 0.6) is 0 Å². The number of rotatable bonds is 2. The van der Waals surface area contributed by atoms with Crippen molar-refractivity contribution in [3.05, 3.63) is 0 Å². The van der Waals surface area contributed by atoms with E-state index in [2.05, 4.69) is 5.32 Å². The maximum atomic E-state index is 10.9. The highest BCUT2D eigenvalue weighted by Crippen LogP contribution is 2.01. The number of ketones is 2. The third-order valence-corrected chi connectivity index (χ3v) is 1.95. The minimum absolute atomic E-state index is 0.0148. The van der Waals surface area contributed by atoms with E-state index < -0.39 is 0 Å². The van der Waals surface area contributed by atoms with Gasteiger partial charge in [-0.1, -0.05) is 0 Å². The Labute approximate surface area is 71.3 Å². The fourth-order valence-electron chi connectivity index (χ4n) is 1.11. The highest BCUT2D eigenvalue weighted by Gasteiger charge is 2.26. The predicted octanol–water partition coefficient (Wildman–Crippen LogP) is -0.479. The van der Waals surface area contributed by atoms with Gasteiger partial charge >= 0.3 is 0 Å². The van der Waals surface area contributed by atoms with Crippen molar-refractivity contribution in [1.29, 1.82) is 0 Å². The lowest BCUT2D eigenvalue weighted by Gasteiger charge is -2.27. The molecule has 2 atom stereocenters. The molecule has 1 heterocycles. The zero-order valence-corrected chi connectivity index (χ0v) is 7.29. The fraction of sp³-hybridized carbons (Fsp3) is 0.750. The Morgan fingerprint density at radius 2 is 1.58 bits per heavy atom. The lowest BCUT2D eigenvalue weighted by molar-refractivity contribution is -0.127. The van der Waals surface area contributed by atoms with Crippen LogP contribution >= 0.6 is 0 Å². The van der Waals surface area contributed by atoms with Gasteiger partial charge in [-0.05, 0) is 13.8 Å². The molecule has 1 fully saturated rings. The van der Waals surface area contributed by atoms with E-state index in [0.29, 0.717) is 13.2 Å². The van der Waals surface area contributed by atoms with Crippen LogP contribution in [0, 0.1) is 0 Å². The molecule has 0 saturated carbocycles. The summed E-state index contributed by atoms with van der Waals surface area (Å²) in [7, 11) is 0. The molecule has 4 nitrogen and oxygen atoms in total. The number of hydrogen-bond donors (Lipinski definition) is 1. The van der Waals surface area contributed by atoms with Gasteiger partial charge in [0, 0.05) is 0 Å². The van der Waals surface area contributed by atoms with Crippen LogP contribution in [-0.2, 0) is 14.3 Å². The number of nitrogens with one attached hydrogen (secondary N) is 1. The van der Waals surface area contributed by atoms with Crippen molar-refractivity contribution in [2.24, 2.45) is 0 Å². The van der Waals surface area contributed by atoms with Crippen LogP contribution in [0.1, 0.15) is 13.8 Å². The molecule has 4 heteroatoms. The summed E-state index contributed by atoms with van der Waals surface area (Å²) in [5.41, 5.74) is 0. The first-order valence-electron chi connectivity index (χ1n) is 3.96. The molecule has 0 bridgehead atoms. The van der Waals surface area contributed by atoms with Gasteiger partial charge in [-0.25, -0.2) is 0 Å². The van der Waals surface area contributed by atoms with Gasteiger partial charge in [0.15, 0.2) is 0 Å². The van der Waals surface area contributed by atoms with E-state index in [0.717, 1.165) is 0 Å². The van der Waals surface area contributed by atoms with Crippen molar-refractivity contribution < 1.29 is 14.3 Å². The van der Waals surface area contributed by atoms with E-state index in [9.17, 15) is 9.59 Å². The number of carbonyl (C=O) groups excluding carboxylic acids is 2. The van der Waals surface area contributed by atoms with Crippen LogP contribution in [0.25, 0.3) is 0 Å². The Balaban J connectivity index is 2.51. The minimum atomic E-state index is -0.312. The van der Waals surface area contributed by atoms with Crippen molar-refractivity contribution in [3.8, 4) is 0 Å². The van der Waals surface area contributed by atoms with Gasteiger partial charge in [-0.15, -0.1) is 0 Å². The van der Waals surface area contributed by atoms with E-state index in [1.807, 2.05) is 0 Å². The lowest BCUT2D eigenvalue weighted by Crippen LogP contribution is -2.54. The molecule has 0 radical (unpaired) electrons. The zero-order chi connectivity index (χ0) is 9.14. The normalized spacial score (nSPS) is 29.8. The van der Waals surface area contributed by atoms with Crippen LogP contribution < -0.4 is 5.32 Å². The van der Waals surface area contributed by atoms with Crippen LogP contribution in [0.2, 0.25) is 0 Å². The summed E-state index contributed by atoms with van der Waals surface area (Å²) in [4.78, 5) is 21.8. The van der Waals surface area contributed by atoms with Gasteiger partial charge in [0.25, 0.3) is 0 Å². The maximum Gasteiger partial charge on any atom is 0.149 e. The second-order valence-electron chi connectivity index (χ2n) is 3.03. The number of carbonyl (C=O) groups is 2. The number of morpholine rings is 1. The molecule has 68 valence electrons.